The van der Waals surface area contributed by atoms with Crippen LogP contribution in [0.3, 0.4) is 0 Å². The predicted octanol–water partition coefficient (Wildman–Crippen LogP) is -0.844. The van der Waals surface area contributed by atoms with Crippen molar-refractivity contribution in [3.8, 4) is 0 Å². The third kappa shape index (κ3) is 2.00. The van der Waals surface area contributed by atoms with Gasteiger partial charge in [0.25, 0.3) is 0 Å². The Morgan fingerprint density at radius 2 is 2.31 bits per heavy atom. The highest BCUT2D eigenvalue weighted by Gasteiger charge is 2.27. The van der Waals surface area contributed by atoms with E-state index in [1.165, 1.54) is 0 Å². The second kappa shape index (κ2) is 3.64. The van der Waals surface area contributed by atoms with E-state index in [0.29, 0.717) is 18.2 Å². The monoisotopic (exact) mass is 183 g/mol. The molecule has 4 heteroatoms. The van der Waals surface area contributed by atoms with Crippen LogP contribution in [0.5, 0.6) is 0 Å². The predicted molar refractivity (Wildman–Crippen MR) is 50.1 cm³/mol. The molecular weight excluding hydrogens is 166 g/mol. The number of hydrogen-bond donors (Lipinski definition) is 2. The summed E-state index contributed by atoms with van der Waals surface area (Å²) in [5.41, 5.74) is 5.73. The number of nitrogens with two attached hydrogens (primary N) is 1. The first-order chi connectivity index (χ1) is 6.25. The molecule has 3 N–H and O–H groups in total. The van der Waals surface area contributed by atoms with Crippen molar-refractivity contribution in [1.29, 1.82) is 0 Å². The molecule has 1 amide bonds. The van der Waals surface area contributed by atoms with Gasteiger partial charge in [-0.15, -0.1) is 0 Å². The van der Waals surface area contributed by atoms with E-state index in [2.05, 4.69) is 5.32 Å². The van der Waals surface area contributed by atoms with Gasteiger partial charge in [0, 0.05) is 25.6 Å². The van der Waals surface area contributed by atoms with Crippen molar-refractivity contribution in [2.75, 3.05) is 26.2 Å². The lowest BCUT2D eigenvalue weighted by atomic mass is 9.99. The zero-order chi connectivity index (χ0) is 9.26. The maximum atomic E-state index is 11.6. The normalized spacial score (nSPS) is 29.0. The van der Waals surface area contributed by atoms with Crippen molar-refractivity contribution in [3.05, 3.63) is 0 Å². The third-order valence-corrected chi connectivity index (χ3v) is 2.91. The topological polar surface area (TPSA) is 58.4 Å². The SMILES string of the molecule is N[C@@H]1CCN(C(=O)CC2CNC2)C1. The van der Waals surface area contributed by atoms with Gasteiger partial charge in [-0.25, -0.2) is 0 Å². The van der Waals surface area contributed by atoms with Gasteiger partial charge in [-0.2, -0.15) is 0 Å². The number of hydrogen-bond acceptors (Lipinski definition) is 3. The first kappa shape index (κ1) is 8.97. The van der Waals surface area contributed by atoms with E-state index in [9.17, 15) is 4.79 Å². The quantitative estimate of drug-likeness (QED) is 0.586. The molecule has 2 aliphatic rings. The molecule has 2 fully saturated rings. The van der Waals surface area contributed by atoms with Crippen LogP contribution < -0.4 is 11.1 Å². The first-order valence-electron chi connectivity index (χ1n) is 5.00. The molecule has 0 aromatic carbocycles. The van der Waals surface area contributed by atoms with Crippen molar-refractivity contribution >= 4 is 5.91 Å². The van der Waals surface area contributed by atoms with E-state index in [1.807, 2.05) is 4.90 Å². The Kier molecular flexibility index (Phi) is 2.51. The van der Waals surface area contributed by atoms with Gasteiger partial charge in [0.2, 0.25) is 5.91 Å². The fraction of sp³-hybridized carbons (Fsp3) is 0.889. The zero-order valence-corrected chi connectivity index (χ0v) is 7.83. The number of carbonyl (C=O) groups is 1. The molecule has 2 saturated heterocycles. The van der Waals surface area contributed by atoms with E-state index in [-0.39, 0.29) is 6.04 Å². The van der Waals surface area contributed by atoms with Crippen LogP contribution in [0.4, 0.5) is 0 Å². The second-order valence-corrected chi connectivity index (χ2v) is 4.12. The Labute approximate surface area is 78.5 Å². The maximum Gasteiger partial charge on any atom is 0.222 e. The Morgan fingerprint density at radius 3 is 2.77 bits per heavy atom. The molecule has 0 saturated carbocycles. The van der Waals surface area contributed by atoms with Crippen molar-refractivity contribution in [1.82, 2.24) is 10.2 Å². The molecule has 2 rings (SSSR count). The highest BCUT2D eigenvalue weighted by molar-refractivity contribution is 5.77. The minimum absolute atomic E-state index is 0.212. The minimum Gasteiger partial charge on any atom is -0.341 e. The highest BCUT2D eigenvalue weighted by Crippen LogP contribution is 2.14. The largest absolute Gasteiger partial charge is 0.341 e. The molecule has 0 spiro atoms. The van der Waals surface area contributed by atoms with Crippen LogP contribution in [-0.2, 0) is 4.79 Å². The zero-order valence-electron chi connectivity index (χ0n) is 7.83. The standard InChI is InChI=1S/C9H17N3O/c10-8-1-2-12(6-8)9(13)3-7-4-11-5-7/h7-8,11H,1-6,10H2/t8-/m1/s1. The summed E-state index contributed by atoms with van der Waals surface area (Å²) in [5, 5.41) is 3.17. The maximum absolute atomic E-state index is 11.6. The van der Waals surface area contributed by atoms with Gasteiger partial charge >= 0.3 is 0 Å². The Morgan fingerprint density at radius 1 is 1.54 bits per heavy atom. The molecular formula is C9H17N3O. The van der Waals surface area contributed by atoms with Gasteiger partial charge in [-0.3, -0.25) is 4.79 Å². The minimum atomic E-state index is 0.212. The molecule has 2 aliphatic heterocycles. The number of rotatable bonds is 2. The Hall–Kier alpha value is -0.610. The fourth-order valence-corrected chi connectivity index (χ4v) is 1.88. The van der Waals surface area contributed by atoms with Crippen LogP contribution in [0, 0.1) is 5.92 Å². The lowest BCUT2D eigenvalue weighted by Gasteiger charge is -2.28. The fourth-order valence-electron chi connectivity index (χ4n) is 1.88. The molecule has 0 bridgehead atoms. The number of nitrogens with one attached hydrogen (secondary N) is 1. The van der Waals surface area contributed by atoms with Crippen molar-refractivity contribution < 1.29 is 4.79 Å². The average Bonchev–Trinajstić information content (AvgIpc) is 2.44. The molecule has 2 heterocycles. The molecule has 0 aromatic heterocycles. The molecule has 0 aliphatic carbocycles. The van der Waals surface area contributed by atoms with Crippen LogP contribution in [0.15, 0.2) is 0 Å². The van der Waals surface area contributed by atoms with Gasteiger partial charge in [-0.1, -0.05) is 0 Å². The first-order valence-corrected chi connectivity index (χ1v) is 5.00. The molecule has 4 nitrogen and oxygen atoms in total. The number of likely N-dealkylation sites (tertiary alicyclic amines) is 1. The summed E-state index contributed by atoms with van der Waals surface area (Å²) in [4.78, 5) is 13.5. The molecule has 13 heavy (non-hydrogen) atoms. The van der Waals surface area contributed by atoms with Crippen LogP contribution in [0.25, 0.3) is 0 Å². The lowest BCUT2D eigenvalue weighted by molar-refractivity contribution is -0.131. The van der Waals surface area contributed by atoms with E-state index in [4.69, 9.17) is 5.73 Å². The van der Waals surface area contributed by atoms with Crippen molar-refractivity contribution in [2.24, 2.45) is 11.7 Å². The van der Waals surface area contributed by atoms with Crippen LogP contribution in [0.2, 0.25) is 0 Å². The summed E-state index contributed by atoms with van der Waals surface area (Å²) >= 11 is 0. The van der Waals surface area contributed by atoms with Crippen LogP contribution >= 0.6 is 0 Å². The summed E-state index contributed by atoms with van der Waals surface area (Å²) in [5.74, 6) is 0.865. The summed E-state index contributed by atoms with van der Waals surface area (Å²) in [6, 6.07) is 0.212. The van der Waals surface area contributed by atoms with Crippen molar-refractivity contribution in [3.63, 3.8) is 0 Å². The van der Waals surface area contributed by atoms with Gasteiger partial charge in [0.05, 0.1) is 0 Å². The number of carbonyl (C=O) groups excluding carboxylic acids is 1. The highest BCUT2D eigenvalue weighted by atomic mass is 16.2. The summed E-state index contributed by atoms with van der Waals surface area (Å²) in [7, 11) is 0. The molecule has 1 atom stereocenters. The number of nitrogens with zero attached hydrogens (tertiary/aromatic N) is 1. The molecule has 74 valence electrons. The van der Waals surface area contributed by atoms with E-state index in [0.717, 1.165) is 32.6 Å². The Bertz CT molecular complexity index is 203. The molecule has 0 radical (unpaired) electrons. The summed E-state index contributed by atoms with van der Waals surface area (Å²) in [6.07, 6.45) is 1.67. The Balaban J connectivity index is 1.76. The van der Waals surface area contributed by atoms with Gasteiger partial charge in [0.15, 0.2) is 0 Å². The van der Waals surface area contributed by atoms with Gasteiger partial charge < -0.3 is 16.0 Å². The lowest BCUT2D eigenvalue weighted by Crippen LogP contribution is -2.45. The van der Waals surface area contributed by atoms with Crippen LogP contribution in [-0.4, -0.2) is 43.0 Å². The second-order valence-electron chi connectivity index (χ2n) is 4.12. The number of amides is 1. The molecule has 0 aromatic rings. The van der Waals surface area contributed by atoms with E-state index < -0.39 is 0 Å². The van der Waals surface area contributed by atoms with Crippen molar-refractivity contribution in [2.45, 2.75) is 18.9 Å². The summed E-state index contributed by atoms with van der Waals surface area (Å²) < 4.78 is 0. The smallest absolute Gasteiger partial charge is 0.222 e. The average molecular weight is 183 g/mol. The summed E-state index contributed by atoms with van der Waals surface area (Å²) in [6.45, 7) is 3.64. The van der Waals surface area contributed by atoms with E-state index >= 15 is 0 Å². The van der Waals surface area contributed by atoms with Crippen LogP contribution in [0.1, 0.15) is 12.8 Å². The molecule has 0 unspecified atom stereocenters. The van der Waals surface area contributed by atoms with E-state index in [1.54, 1.807) is 0 Å². The van der Waals surface area contributed by atoms with Gasteiger partial charge in [-0.05, 0) is 25.4 Å². The van der Waals surface area contributed by atoms with Gasteiger partial charge in [0.1, 0.15) is 0 Å². The third-order valence-electron chi connectivity index (χ3n) is 2.91.